The van der Waals surface area contributed by atoms with E-state index in [1.165, 1.54) is 11.3 Å². The van der Waals surface area contributed by atoms with Crippen molar-refractivity contribution in [2.45, 2.75) is 106 Å². The van der Waals surface area contributed by atoms with E-state index in [0.29, 0.717) is 13.1 Å². The molecule has 0 aromatic heterocycles. The predicted molar refractivity (Wildman–Crippen MR) is 240 cm³/mol. The highest BCUT2D eigenvalue weighted by molar-refractivity contribution is 5.83. The van der Waals surface area contributed by atoms with Gasteiger partial charge in [0.15, 0.2) is 0 Å². The Balaban J connectivity index is 0.000000230. The van der Waals surface area contributed by atoms with Crippen LogP contribution in [0.5, 0.6) is 0 Å². The van der Waals surface area contributed by atoms with Gasteiger partial charge in [0, 0.05) is 113 Å². The fourth-order valence-electron chi connectivity index (χ4n) is 8.29. The van der Waals surface area contributed by atoms with Crippen LogP contribution in [0.3, 0.4) is 0 Å². The van der Waals surface area contributed by atoms with Crippen LogP contribution >= 0.6 is 0 Å². The molecular formula is C47H76N8O4. The van der Waals surface area contributed by atoms with Gasteiger partial charge in [-0.1, -0.05) is 65.8 Å². The Morgan fingerprint density at radius 3 is 1.53 bits per heavy atom. The zero-order chi connectivity index (χ0) is 43.4. The Labute approximate surface area is 356 Å². The molecule has 4 aliphatic rings. The van der Waals surface area contributed by atoms with E-state index >= 15 is 0 Å². The number of anilines is 2. The van der Waals surface area contributed by atoms with Crippen molar-refractivity contribution in [3.63, 3.8) is 0 Å². The van der Waals surface area contributed by atoms with Crippen LogP contribution in [0.15, 0.2) is 48.5 Å². The first kappa shape index (κ1) is 46.2. The minimum absolute atomic E-state index is 0.0821. The van der Waals surface area contributed by atoms with E-state index in [4.69, 9.17) is 4.74 Å². The van der Waals surface area contributed by atoms with Gasteiger partial charge in [0.1, 0.15) is 5.60 Å². The molecular weight excluding hydrogens is 741 g/mol. The number of carbonyl (C=O) groups excluding carboxylic acids is 3. The van der Waals surface area contributed by atoms with Gasteiger partial charge in [0.25, 0.3) is 0 Å². The van der Waals surface area contributed by atoms with Crippen LogP contribution in [-0.2, 0) is 14.3 Å². The lowest BCUT2D eigenvalue weighted by atomic mass is 9.91. The monoisotopic (exact) mass is 817 g/mol. The molecule has 2 aromatic rings. The Kier molecular flexibility index (Phi) is 14.7. The van der Waals surface area contributed by atoms with Crippen molar-refractivity contribution in [1.29, 1.82) is 0 Å². The van der Waals surface area contributed by atoms with Crippen LogP contribution in [0.1, 0.15) is 99.4 Å². The van der Waals surface area contributed by atoms with Crippen molar-refractivity contribution in [3.8, 4) is 0 Å². The lowest BCUT2D eigenvalue weighted by molar-refractivity contribution is -0.146. The highest BCUT2D eigenvalue weighted by Crippen LogP contribution is 2.34. The molecule has 4 heterocycles. The number of carbonyl (C=O) groups is 3. The van der Waals surface area contributed by atoms with Gasteiger partial charge in [0.05, 0.1) is 12.1 Å². The molecule has 0 spiro atoms. The quantitative estimate of drug-likeness (QED) is 0.380. The zero-order valence-electron chi connectivity index (χ0n) is 38.7. The third-order valence-electron chi connectivity index (χ3n) is 12.0. The van der Waals surface area contributed by atoms with Crippen molar-refractivity contribution < 1.29 is 19.1 Å². The number of likely N-dealkylation sites (N-methyl/N-ethyl adjacent to an activating group) is 2. The van der Waals surface area contributed by atoms with Gasteiger partial charge < -0.3 is 39.5 Å². The second kappa shape index (κ2) is 18.8. The minimum atomic E-state index is -0.578. The molecule has 3 amide bonds. The van der Waals surface area contributed by atoms with Crippen LogP contribution in [-0.4, -0.2) is 153 Å². The molecule has 4 fully saturated rings. The van der Waals surface area contributed by atoms with E-state index in [1.807, 2.05) is 79.0 Å². The molecule has 2 aromatic carbocycles. The summed E-state index contributed by atoms with van der Waals surface area (Å²) in [6.07, 6.45) is -0.327. The number of hydrogen-bond donors (Lipinski definition) is 1. The molecule has 6 rings (SSSR count). The predicted octanol–water partition coefficient (Wildman–Crippen LogP) is 6.34. The molecule has 1 N–H and O–H groups in total. The summed E-state index contributed by atoms with van der Waals surface area (Å²) in [7, 11) is 4.33. The maximum absolute atomic E-state index is 13.2. The van der Waals surface area contributed by atoms with E-state index in [-0.39, 0.29) is 47.5 Å². The molecule has 0 aliphatic carbocycles. The molecule has 12 heteroatoms. The number of hydrogen-bond acceptors (Lipinski definition) is 9. The Bertz CT molecular complexity index is 1730. The van der Waals surface area contributed by atoms with Crippen LogP contribution in [0, 0.1) is 10.8 Å². The normalized spacial score (nSPS) is 24.1. The van der Waals surface area contributed by atoms with Gasteiger partial charge in [-0.3, -0.25) is 14.5 Å². The molecule has 0 saturated carbocycles. The lowest BCUT2D eigenvalue weighted by Crippen LogP contribution is -2.59. The Morgan fingerprint density at radius 2 is 1.05 bits per heavy atom. The number of ether oxygens (including phenoxy) is 1. The summed E-state index contributed by atoms with van der Waals surface area (Å²) in [4.78, 5) is 54.7. The summed E-state index contributed by atoms with van der Waals surface area (Å²) in [5.41, 5.74) is 3.38. The van der Waals surface area contributed by atoms with Gasteiger partial charge in [-0.2, -0.15) is 0 Å². The highest BCUT2D eigenvalue weighted by Gasteiger charge is 2.42. The molecule has 59 heavy (non-hydrogen) atoms. The lowest BCUT2D eigenvalue weighted by Gasteiger charge is -2.47. The van der Waals surface area contributed by atoms with Crippen LogP contribution in [0.2, 0.25) is 0 Å². The van der Waals surface area contributed by atoms with E-state index in [9.17, 15) is 14.4 Å². The summed E-state index contributed by atoms with van der Waals surface area (Å²) in [5.74, 6) is 0.353. The minimum Gasteiger partial charge on any atom is -0.444 e. The van der Waals surface area contributed by atoms with E-state index in [1.54, 1.807) is 0 Å². The third-order valence-corrected chi connectivity index (χ3v) is 12.0. The smallest absolute Gasteiger partial charge is 0.410 e. The standard InChI is InChI=1S/C26H42N4O3.C21H34N4O/c1-19-17-30(24(32)33-26(5,6)7)22(18-29(19)23(31)25(2,3)4)20-10-9-11-21(16-20)28-14-12-27(8)13-15-28;1-16-14-22-19(15-25(16)20(26)21(2,3)4)17-7-6-8-18(13-17)24-11-9-23(5)10-12-24/h9-11,16,19,22H,12-15,17-18H2,1-8H3;6-8,13,16,19,22H,9-12,14-15H2,1-5H3/t19-,22-;16-,19-/m11/s1. The average molecular weight is 817 g/mol. The number of benzene rings is 2. The number of nitrogens with one attached hydrogen (secondary N) is 1. The number of amides is 3. The van der Waals surface area contributed by atoms with Gasteiger partial charge in [0.2, 0.25) is 11.8 Å². The van der Waals surface area contributed by atoms with E-state index in [0.717, 1.165) is 76.7 Å². The maximum Gasteiger partial charge on any atom is 0.410 e. The fraction of sp³-hybridized carbons (Fsp3) is 0.681. The summed E-state index contributed by atoms with van der Waals surface area (Å²) in [6, 6.07) is 17.4. The van der Waals surface area contributed by atoms with Gasteiger partial charge >= 0.3 is 6.09 Å². The SMILES string of the molecule is C[C@@H]1CN(C(=O)OC(C)(C)C)[C@@H](c2cccc(N3CCN(C)CC3)c2)CN1C(=O)C(C)(C)C.C[C@@H]1CN[C@@H](c2cccc(N3CCN(C)CC3)c2)CN1C(=O)C(C)(C)C. The molecule has 328 valence electrons. The maximum atomic E-state index is 13.2. The van der Waals surface area contributed by atoms with Crippen LogP contribution in [0.4, 0.5) is 16.2 Å². The first-order valence-electron chi connectivity index (χ1n) is 21.9. The highest BCUT2D eigenvalue weighted by atomic mass is 16.6. The fourth-order valence-corrected chi connectivity index (χ4v) is 8.29. The van der Waals surface area contributed by atoms with Crippen LogP contribution < -0.4 is 15.1 Å². The first-order valence-corrected chi connectivity index (χ1v) is 21.9. The number of nitrogens with zero attached hydrogens (tertiary/aromatic N) is 7. The van der Waals surface area contributed by atoms with Crippen LogP contribution in [0.25, 0.3) is 0 Å². The van der Waals surface area contributed by atoms with Gasteiger partial charge in [-0.15, -0.1) is 0 Å². The van der Waals surface area contributed by atoms with Crippen molar-refractivity contribution in [2.24, 2.45) is 10.8 Å². The largest absolute Gasteiger partial charge is 0.444 e. The van der Waals surface area contributed by atoms with Crippen molar-refractivity contribution in [1.82, 2.24) is 29.8 Å². The molecule has 0 unspecified atom stereocenters. The van der Waals surface area contributed by atoms with Gasteiger partial charge in [-0.25, -0.2) is 4.79 Å². The summed E-state index contributed by atoms with van der Waals surface area (Å²) in [6.45, 7) is 32.5. The molecule has 4 saturated heterocycles. The third kappa shape index (κ3) is 12.1. The average Bonchev–Trinajstić information content (AvgIpc) is 3.17. The molecule has 4 aliphatic heterocycles. The van der Waals surface area contributed by atoms with Crippen molar-refractivity contribution in [2.75, 3.05) is 102 Å². The second-order valence-corrected chi connectivity index (χ2v) is 20.5. The molecule has 12 nitrogen and oxygen atoms in total. The molecule has 0 radical (unpaired) electrons. The topological polar surface area (TPSA) is 95.1 Å². The summed E-state index contributed by atoms with van der Waals surface area (Å²) in [5, 5.41) is 3.64. The number of piperazine rings is 4. The first-order chi connectivity index (χ1) is 27.5. The second-order valence-electron chi connectivity index (χ2n) is 20.5. The summed E-state index contributed by atoms with van der Waals surface area (Å²) < 4.78 is 5.77. The van der Waals surface area contributed by atoms with E-state index in [2.05, 4.69) is 99.4 Å². The Hall–Kier alpha value is -3.87. The Morgan fingerprint density at radius 1 is 0.593 bits per heavy atom. The van der Waals surface area contributed by atoms with Gasteiger partial charge in [-0.05, 0) is 84.1 Å². The zero-order valence-corrected chi connectivity index (χ0v) is 38.7. The molecule has 4 atom stereocenters. The van der Waals surface area contributed by atoms with E-state index < -0.39 is 11.0 Å². The summed E-state index contributed by atoms with van der Waals surface area (Å²) >= 11 is 0. The molecule has 0 bridgehead atoms. The number of rotatable bonds is 4. The van der Waals surface area contributed by atoms with Crippen molar-refractivity contribution >= 4 is 29.3 Å². The van der Waals surface area contributed by atoms with Crippen molar-refractivity contribution in [3.05, 3.63) is 59.7 Å².